The first-order valence-corrected chi connectivity index (χ1v) is 12.9. The van der Waals surface area contributed by atoms with Crippen LogP contribution in [-0.4, -0.2) is 55.9 Å². The maximum atomic E-state index is 13.2. The number of fused-ring (bicyclic) bond motifs is 1. The van der Waals surface area contributed by atoms with Crippen LogP contribution in [0.2, 0.25) is 0 Å². The van der Waals surface area contributed by atoms with E-state index in [1.54, 1.807) is 13.2 Å². The molecule has 2 aliphatic rings. The third-order valence-electron chi connectivity index (χ3n) is 6.58. The second-order valence-electron chi connectivity index (χ2n) is 9.41. The van der Waals surface area contributed by atoms with E-state index in [2.05, 4.69) is 42.9 Å². The number of aromatic nitrogens is 1. The monoisotopic (exact) mass is 545 g/mol. The van der Waals surface area contributed by atoms with Crippen molar-refractivity contribution < 1.29 is 19.1 Å². The van der Waals surface area contributed by atoms with Gasteiger partial charge in [0, 0.05) is 9.86 Å². The number of nitrogens with zero attached hydrogens (tertiary/aromatic N) is 1. The minimum atomic E-state index is -0.705. The fraction of sp³-hybridized carbons (Fsp3) is 0.560. The first kappa shape index (κ1) is 25.5. The molecule has 2 aromatic rings. The van der Waals surface area contributed by atoms with Gasteiger partial charge in [0.05, 0.1) is 32.0 Å². The molecule has 1 aliphatic carbocycles. The summed E-state index contributed by atoms with van der Waals surface area (Å²) in [4.78, 5) is 29.4. The summed E-state index contributed by atoms with van der Waals surface area (Å²) in [5.41, 5.74) is 1.10. The molecule has 0 spiro atoms. The molecule has 2 amide bonds. The molecule has 1 aromatic carbocycles. The summed E-state index contributed by atoms with van der Waals surface area (Å²) in [5, 5.41) is 19.4. The van der Waals surface area contributed by atoms with E-state index >= 15 is 0 Å². The lowest BCUT2D eigenvalue weighted by atomic mass is 9.95. The number of benzene rings is 1. The molecule has 10 heteroatoms. The molecule has 1 saturated heterocycles. The van der Waals surface area contributed by atoms with Gasteiger partial charge in [-0.2, -0.15) is 5.26 Å². The van der Waals surface area contributed by atoms with Gasteiger partial charge < -0.3 is 25.1 Å². The van der Waals surface area contributed by atoms with Crippen LogP contribution in [0.3, 0.4) is 0 Å². The Labute approximate surface area is 213 Å². The third kappa shape index (κ3) is 6.97. The van der Waals surface area contributed by atoms with Gasteiger partial charge in [-0.3, -0.25) is 14.9 Å². The number of aromatic amines is 1. The van der Waals surface area contributed by atoms with Crippen molar-refractivity contribution in [1.29, 1.82) is 5.26 Å². The largest absolute Gasteiger partial charge is 0.496 e. The Hall–Kier alpha value is -2.61. The summed E-state index contributed by atoms with van der Waals surface area (Å²) in [7, 11) is 1.58. The number of methoxy groups -OCH3 is 1. The van der Waals surface area contributed by atoms with Crippen LogP contribution in [0.5, 0.6) is 5.75 Å². The van der Waals surface area contributed by atoms with Gasteiger partial charge in [-0.05, 0) is 62.3 Å². The van der Waals surface area contributed by atoms with E-state index in [4.69, 9.17) is 9.47 Å². The Bertz CT molecular complexity index is 1090. The SMILES string of the molecule is COc1cc(Br)cc2[nH]c(C(=O)N[C@@H](CC3CC3)C(=O)N[C@H](C#N)C[C@@H]3CCCNCOC3)cc12. The first-order valence-electron chi connectivity index (χ1n) is 12.1. The zero-order chi connectivity index (χ0) is 24.8. The number of carbonyl (C=O) groups excluding carboxylic acids is 2. The van der Waals surface area contributed by atoms with Gasteiger partial charge in [0.2, 0.25) is 5.91 Å². The molecule has 0 bridgehead atoms. The van der Waals surface area contributed by atoms with Crippen molar-refractivity contribution in [2.24, 2.45) is 11.8 Å². The van der Waals surface area contributed by atoms with Crippen molar-refractivity contribution in [3.63, 3.8) is 0 Å². The number of H-pyrrole nitrogens is 1. The average molecular weight is 546 g/mol. The summed E-state index contributed by atoms with van der Waals surface area (Å²) in [6, 6.07) is 6.32. The van der Waals surface area contributed by atoms with Gasteiger partial charge in [0.15, 0.2) is 0 Å². The van der Waals surface area contributed by atoms with Crippen molar-refractivity contribution in [2.75, 3.05) is 27.0 Å². The Morgan fingerprint density at radius 2 is 2.06 bits per heavy atom. The molecule has 188 valence electrons. The van der Waals surface area contributed by atoms with E-state index in [-0.39, 0.29) is 17.7 Å². The second-order valence-corrected chi connectivity index (χ2v) is 10.3. The highest BCUT2D eigenvalue weighted by Crippen LogP contribution is 2.34. The molecular weight excluding hydrogens is 514 g/mol. The molecule has 1 aliphatic heterocycles. The van der Waals surface area contributed by atoms with Gasteiger partial charge in [0.25, 0.3) is 5.91 Å². The summed E-state index contributed by atoms with van der Waals surface area (Å²) in [5.74, 6) is 0.579. The van der Waals surface area contributed by atoms with E-state index in [9.17, 15) is 14.9 Å². The maximum absolute atomic E-state index is 13.2. The lowest BCUT2D eigenvalue weighted by Gasteiger charge is -2.24. The van der Waals surface area contributed by atoms with E-state index in [1.807, 2.05) is 12.1 Å². The van der Waals surface area contributed by atoms with Crippen LogP contribution < -0.4 is 20.7 Å². The highest BCUT2D eigenvalue weighted by atomic mass is 79.9. The number of hydrogen-bond donors (Lipinski definition) is 4. The molecule has 35 heavy (non-hydrogen) atoms. The highest BCUT2D eigenvalue weighted by molar-refractivity contribution is 9.10. The van der Waals surface area contributed by atoms with Gasteiger partial charge >= 0.3 is 0 Å². The first-order chi connectivity index (χ1) is 17.0. The number of amides is 2. The minimum absolute atomic E-state index is 0.208. The summed E-state index contributed by atoms with van der Waals surface area (Å²) in [6.07, 6.45) is 5.13. The number of hydrogen-bond acceptors (Lipinski definition) is 6. The topological polar surface area (TPSA) is 128 Å². The second kappa shape index (κ2) is 11.9. The Balaban J connectivity index is 1.42. The van der Waals surface area contributed by atoms with Crippen LogP contribution in [0, 0.1) is 23.2 Å². The molecule has 2 heterocycles. The maximum Gasteiger partial charge on any atom is 0.268 e. The van der Waals surface area contributed by atoms with Crippen molar-refractivity contribution in [3.8, 4) is 11.8 Å². The zero-order valence-electron chi connectivity index (χ0n) is 19.9. The average Bonchev–Trinajstić information content (AvgIpc) is 3.54. The normalized spacial score (nSPS) is 20.2. The lowest BCUT2D eigenvalue weighted by Crippen LogP contribution is -2.50. The van der Waals surface area contributed by atoms with Crippen molar-refractivity contribution in [1.82, 2.24) is 20.9 Å². The van der Waals surface area contributed by atoms with Crippen molar-refractivity contribution in [2.45, 2.75) is 50.6 Å². The zero-order valence-corrected chi connectivity index (χ0v) is 21.4. The van der Waals surface area contributed by atoms with E-state index < -0.39 is 12.1 Å². The fourth-order valence-electron chi connectivity index (χ4n) is 4.52. The highest BCUT2D eigenvalue weighted by Gasteiger charge is 2.32. The number of carbonyl (C=O) groups is 2. The summed E-state index contributed by atoms with van der Waals surface area (Å²) < 4.78 is 11.8. The molecule has 3 atom stereocenters. The molecule has 1 aromatic heterocycles. The van der Waals surface area contributed by atoms with Gasteiger partial charge in [-0.1, -0.05) is 28.8 Å². The number of nitrogens with one attached hydrogen (secondary N) is 4. The Kier molecular flexibility index (Phi) is 8.65. The van der Waals surface area contributed by atoms with Gasteiger partial charge in [-0.15, -0.1) is 0 Å². The summed E-state index contributed by atoms with van der Waals surface area (Å²) >= 11 is 3.45. The minimum Gasteiger partial charge on any atom is -0.496 e. The van der Waals surface area contributed by atoms with E-state index in [0.717, 1.165) is 47.6 Å². The molecule has 2 fully saturated rings. The van der Waals surface area contributed by atoms with Crippen LogP contribution in [0.1, 0.15) is 49.0 Å². The molecule has 0 radical (unpaired) electrons. The lowest BCUT2D eigenvalue weighted by molar-refractivity contribution is -0.123. The standard InChI is InChI=1S/C25H32BrN5O4/c1-34-23-10-17(26)9-20-19(23)11-22(30-20)25(33)31-21(8-15-4-5-15)24(32)29-18(12-27)7-16-3-2-6-28-14-35-13-16/h9-11,15-16,18,21,28,30H,2-8,13-14H2,1H3,(H,29,32)(H,31,33)/t16-,18-,21-/m0/s1. The fourth-order valence-corrected chi connectivity index (χ4v) is 4.96. The number of rotatable bonds is 9. The van der Waals surface area contributed by atoms with Crippen LogP contribution in [0.4, 0.5) is 0 Å². The van der Waals surface area contributed by atoms with E-state index in [1.165, 1.54) is 0 Å². The smallest absolute Gasteiger partial charge is 0.268 e. The molecule has 9 nitrogen and oxygen atoms in total. The van der Waals surface area contributed by atoms with Crippen LogP contribution in [-0.2, 0) is 9.53 Å². The van der Waals surface area contributed by atoms with E-state index in [0.29, 0.717) is 43.5 Å². The quantitative estimate of drug-likeness (QED) is 0.383. The third-order valence-corrected chi connectivity index (χ3v) is 7.04. The molecule has 4 N–H and O–H groups in total. The molecule has 4 rings (SSSR count). The van der Waals surface area contributed by atoms with Gasteiger partial charge in [-0.25, -0.2) is 0 Å². The molecule has 1 saturated carbocycles. The van der Waals surface area contributed by atoms with Crippen LogP contribution in [0.15, 0.2) is 22.7 Å². The van der Waals surface area contributed by atoms with Crippen LogP contribution in [0.25, 0.3) is 10.9 Å². The van der Waals surface area contributed by atoms with Crippen molar-refractivity contribution >= 4 is 38.6 Å². The number of nitriles is 1. The predicted molar refractivity (Wildman–Crippen MR) is 135 cm³/mol. The Morgan fingerprint density at radius 3 is 2.80 bits per heavy atom. The Morgan fingerprint density at radius 1 is 1.23 bits per heavy atom. The molecular formula is C25H32BrN5O4. The predicted octanol–water partition coefficient (Wildman–Crippen LogP) is 3.21. The number of halogens is 1. The van der Waals surface area contributed by atoms with Crippen molar-refractivity contribution in [3.05, 3.63) is 28.4 Å². The van der Waals surface area contributed by atoms with Crippen LogP contribution >= 0.6 is 15.9 Å². The molecule has 0 unspecified atom stereocenters. The number of ether oxygens (including phenoxy) is 2. The van der Waals surface area contributed by atoms with Gasteiger partial charge in [0.1, 0.15) is 23.5 Å². The summed E-state index contributed by atoms with van der Waals surface area (Å²) in [6.45, 7) is 1.95.